The highest BCUT2D eigenvalue weighted by Crippen LogP contribution is 2.29. The normalized spacial score (nSPS) is 10.3. The van der Waals surface area contributed by atoms with E-state index in [9.17, 15) is 4.79 Å². The van der Waals surface area contributed by atoms with Crippen LogP contribution >= 0.6 is 22.9 Å². The highest BCUT2D eigenvalue weighted by atomic mass is 35.5. The Balaban J connectivity index is 2.84. The van der Waals surface area contributed by atoms with Gasteiger partial charge in [-0.05, 0) is 32.2 Å². The number of allylic oxidation sites excluding steroid dienone is 1. The molecule has 1 aromatic heterocycles. The van der Waals surface area contributed by atoms with E-state index in [4.69, 9.17) is 27.0 Å². The lowest BCUT2D eigenvalue weighted by Gasteiger charge is -2.26. The fourth-order valence-electron chi connectivity index (χ4n) is 1.65. The lowest BCUT2D eigenvalue weighted by atomic mass is 10.2. The van der Waals surface area contributed by atoms with Crippen LogP contribution in [0.5, 0.6) is 0 Å². The standard InChI is InChI=1S/C15H17ClN4O2S/c1-15(2,3)22-20(10-21)6-5-19-13(11(8-17)9-18)14-12(16)4-7-23-14/h4,7,10,19H,5-6H2,1-3H3. The summed E-state index contributed by atoms with van der Waals surface area (Å²) in [4.78, 5) is 17.1. The number of hydrogen-bond donors (Lipinski definition) is 1. The molecule has 6 nitrogen and oxygen atoms in total. The molecule has 1 N–H and O–H groups in total. The summed E-state index contributed by atoms with van der Waals surface area (Å²) in [6.45, 7) is 6.04. The largest absolute Gasteiger partial charge is 0.380 e. The third-order valence-electron chi connectivity index (χ3n) is 2.46. The molecule has 0 aliphatic carbocycles. The Kier molecular flexibility index (Phi) is 7.05. The zero-order valence-electron chi connectivity index (χ0n) is 13.1. The van der Waals surface area contributed by atoms with Gasteiger partial charge in [0.15, 0.2) is 5.57 Å². The number of rotatable bonds is 7. The molecule has 0 bridgehead atoms. The van der Waals surface area contributed by atoms with Crippen molar-refractivity contribution in [2.45, 2.75) is 26.4 Å². The van der Waals surface area contributed by atoms with Crippen molar-refractivity contribution in [1.29, 1.82) is 10.5 Å². The Bertz CT molecular complexity index is 648. The topological polar surface area (TPSA) is 89.2 Å². The Hall–Kier alpha value is -2.06. The summed E-state index contributed by atoms with van der Waals surface area (Å²) in [5.74, 6) is 0. The number of thiophene rings is 1. The Labute approximate surface area is 144 Å². The monoisotopic (exact) mass is 352 g/mol. The van der Waals surface area contributed by atoms with Crippen molar-refractivity contribution >= 4 is 35.0 Å². The zero-order chi connectivity index (χ0) is 17.5. The summed E-state index contributed by atoms with van der Waals surface area (Å²) in [5.41, 5.74) is -0.207. The van der Waals surface area contributed by atoms with Crippen LogP contribution in [-0.4, -0.2) is 30.2 Å². The van der Waals surface area contributed by atoms with Crippen molar-refractivity contribution in [2.24, 2.45) is 0 Å². The number of nitrogens with one attached hydrogen (secondary N) is 1. The first-order valence-corrected chi connectivity index (χ1v) is 8.01. The molecule has 122 valence electrons. The Morgan fingerprint density at radius 1 is 1.48 bits per heavy atom. The van der Waals surface area contributed by atoms with Crippen molar-refractivity contribution in [3.8, 4) is 12.1 Å². The predicted molar refractivity (Wildman–Crippen MR) is 89.1 cm³/mol. The van der Waals surface area contributed by atoms with Crippen molar-refractivity contribution in [2.75, 3.05) is 13.1 Å². The summed E-state index contributed by atoms with van der Waals surface area (Å²) in [6, 6.07) is 5.39. The van der Waals surface area contributed by atoms with Crippen LogP contribution in [0.2, 0.25) is 5.02 Å². The van der Waals surface area contributed by atoms with Gasteiger partial charge in [-0.1, -0.05) is 11.6 Å². The lowest BCUT2D eigenvalue weighted by molar-refractivity contribution is -0.215. The fourth-order valence-corrected chi connectivity index (χ4v) is 2.83. The van der Waals surface area contributed by atoms with Crippen LogP contribution in [-0.2, 0) is 9.63 Å². The van der Waals surface area contributed by atoms with Gasteiger partial charge in [-0.2, -0.15) is 10.5 Å². The second kappa shape index (κ2) is 8.54. The number of hydrogen-bond acceptors (Lipinski definition) is 6. The van der Waals surface area contributed by atoms with E-state index < -0.39 is 5.60 Å². The minimum atomic E-state index is -0.499. The van der Waals surface area contributed by atoms with Gasteiger partial charge in [-0.15, -0.1) is 11.3 Å². The molecule has 1 amide bonds. The summed E-state index contributed by atoms with van der Waals surface area (Å²) >= 11 is 7.40. The van der Waals surface area contributed by atoms with Gasteiger partial charge in [-0.25, -0.2) is 5.06 Å². The van der Waals surface area contributed by atoms with Gasteiger partial charge >= 0.3 is 0 Å². The van der Waals surface area contributed by atoms with Crippen LogP contribution in [0.15, 0.2) is 17.0 Å². The van der Waals surface area contributed by atoms with Gasteiger partial charge < -0.3 is 5.32 Å². The molecular weight excluding hydrogens is 336 g/mol. The van der Waals surface area contributed by atoms with Gasteiger partial charge in [0.25, 0.3) is 0 Å². The summed E-state index contributed by atoms with van der Waals surface area (Å²) in [6.07, 6.45) is 0.587. The minimum absolute atomic E-state index is 0.0660. The van der Waals surface area contributed by atoms with Gasteiger partial charge in [0.1, 0.15) is 12.1 Å². The van der Waals surface area contributed by atoms with E-state index in [2.05, 4.69) is 5.32 Å². The SMILES string of the molecule is CC(C)(C)ON(C=O)CCNC(=C(C#N)C#N)c1sccc1Cl. The van der Waals surface area contributed by atoms with Gasteiger partial charge in [-0.3, -0.25) is 9.63 Å². The predicted octanol–water partition coefficient (Wildman–Crippen LogP) is 2.94. The average molecular weight is 353 g/mol. The lowest BCUT2D eigenvalue weighted by Crippen LogP contribution is -2.37. The van der Waals surface area contributed by atoms with Crippen molar-refractivity contribution in [1.82, 2.24) is 10.4 Å². The molecular formula is C15H17ClN4O2S. The van der Waals surface area contributed by atoms with E-state index in [1.807, 2.05) is 32.9 Å². The zero-order valence-corrected chi connectivity index (χ0v) is 14.7. The first-order valence-electron chi connectivity index (χ1n) is 6.75. The molecule has 0 aliphatic heterocycles. The maximum Gasteiger partial charge on any atom is 0.233 e. The molecule has 0 aliphatic rings. The first kappa shape index (κ1) is 19.0. The smallest absolute Gasteiger partial charge is 0.233 e. The van der Waals surface area contributed by atoms with Gasteiger partial charge in [0.05, 0.1) is 27.7 Å². The molecule has 1 rings (SSSR count). The second-order valence-corrected chi connectivity index (χ2v) is 6.77. The molecule has 8 heteroatoms. The number of carbonyl (C=O) groups is 1. The molecule has 0 saturated heterocycles. The van der Waals surface area contributed by atoms with E-state index in [0.29, 0.717) is 28.6 Å². The van der Waals surface area contributed by atoms with Crippen LogP contribution in [0.1, 0.15) is 25.6 Å². The van der Waals surface area contributed by atoms with E-state index in [1.165, 1.54) is 16.4 Å². The number of carbonyl (C=O) groups excluding carboxylic acids is 1. The van der Waals surface area contributed by atoms with E-state index in [1.54, 1.807) is 11.4 Å². The third kappa shape index (κ3) is 5.91. The van der Waals surface area contributed by atoms with E-state index >= 15 is 0 Å². The number of nitrogens with zero attached hydrogens (tertiary/aromatic N) is 3. The highest BCUT2D eigenvalue weighted by Gasteiger charge is 2.17. The highest BCUT2D eigenvalue weighted by molar-refractivity contribution is 7.11. The van der Waals surface area contributed by atoms with E-state index in [0.717, 1.165) is 0 Å². The first-order chi connectivity index (χ1) is 10.8. The number of amides is 1. The van der Waals surface area contributed by atoms with Crippen LogP contribution < -0.4 is 5.32 Å². The third-order valence-corrected chi connectivity index (χ3v) is 3.82. The minimum Gasteiger partial charge on any atom is -0.380 e. The molecule has 0 fully saturated rings. The maximum atomic E-state index is 11.0. The van der Waals surface area contributed by atoms with Crippen LogP contribution in [0.3, 0.4) is 0 Å². The van der Waals surface area contributed by atoms with Crippen LogP contribution in [0.25, 0.3) is 5.70 Å². The molecule has 0 spiro atoms. The molecule has 0 atom stereocenters. The summed E-state index contributed by atoms with van der Waals surface area (Å²) in [5, 5.41) is 24.6. The Morgan fingerprint density at radius 3 is 2.57 bits per heavy atom. The van der Waals surface area contributed by atoms with Crippen LogP contribution in [0.4, 0.5) is 0 Å². The molecule has 0 aromatic carbocycles. The molecule has 0 saturated carbocycles. The molecule has 0 radical (unpaired) electrons. The number of halogens is 1. The summed E-state index contributed by atoms with van der Waals surface area (Å²) in [7, 11) is 0. The van der Waals surface area contributed by atoms with Crippen LogP contribution in [0, 0.1) is 22.7 Å². The number of nitriles is 2. The number of hydroxylamine groups is 2. The molecule has 23 heavy (non-hydrogen) atoms. The molecule has 1 aromatic rings. The quantitative estimate of drug-likeness (QED) is 0.463. The molecule has 0 unspecified atom stereocenters. The van der Waals surface area contributed by atoms with Gasteiger partial charge in [0, 0.05) is 6.54 Å². The van der Waals surface area contributed by atoms with Gasteiger partial charge in [0.2, 0.25) is 6.41 Å². The van der Waals surface area contributed by atoms with Crippen molar-refractivity contribution in [3.05, 3.63) is 26.9 Å². The second-order valence-electron chi connectivity index (χ2n) is 5.45. The van der Waals surface area contributed by atoms with Crippen molar-refractivity contribution < 1.29 is 9.63 Å². The summed E-state index contributed by atoms with van der Waals surface area (Å²) < 4.78 is 0. The average Bonchev–Trinajstić information content (AvgIpc) is 2.90. The van der Waals surface area contributed by atoms with Crippen molar-refractivity contribution in [3.63, 3.8) is 0 Å². The maximum absolute atomic E-state index is 11.0. The Morgan fingerprint density at radius 2 is 2.13 bits per heavy atom. The molecule has 1 heterocycles. The fraction of sp³-hybridized carbons (Fsp3) is 0.400. The van der Waals surface area contributed by atoms with E-state index in [-0.39, 0.29) is 12.1 Å².